The Labute approximate surface area is 104 Å². The molecule has 2 N–H and O–H groups in total. The Morgan fingerprint density at radius 2 is 1.82 bits per heavy atom. The van der Waals surface area contributed by atoms with E-state index in [-0.39, 0.29) is 0 Å². The summed E-state index contributed by atoms with van der Waals surface area (Å²) < 4.78 is 5.57. The molecule has 2 aliphatic heterocycles. The van der Waals surface area contributed by atoms with Crippen molar-refractivity contribution in [1.29, 1.82) is 0 Å². The van der Waals surface area contributed by atoms with Gasteiger partial charge in [0.2, 0.25) is 0 Å². The summed E-state index contributed by atoms with van der Waals surface area (Å²) in [6.45, 7) is 7.81. The first-order chi connectivity index (χ1) is 8.33. The summed E-state index contributed by atoms with van der Waals surface area (Å²) in [6.07, 6.45) is 3.94. The first kappa shape index (κ1) is 11.9. The third kappa shape index (κ3) is 2.99. The van der Waals surface area contributed by atoms with Gasteiger partial charge in [-0.25, -0.2) is 0 Å². The molecule has 1 aliphatic carbocycles. The third-order valence-electron chi connectivity index (χ3n) is 4.47. The fourth-order valence-corrected chi connectivity index (χ4v) is 3.06. The first-order valence-corrected chi connectivity index (χ1v) is 7.12. The van der Waals surface area contributed by atoms with Crippen molar-refractivity contribution in [2.75, 3.05) is 45.9 Å². The summed E-state index contributed by atoms with van der Waals surface area (Å²) >= 11 is 0. The van der Waals surface area contributed by atoms with Gasteiger partial charge in [-0.05, 0) is 25.2 Å². The van der Waals surface area contributed by atoms with E-state index in [1.807, 2.05) is 0 Å². The lowest BCUT2D eigenvalue weighted by molar-refractivity contribution is -0.0126. The van der Waals surface area contributed by atoms with Crippen LogP contribution in [0.2, 0.25) is 0 Å². The largest absolute Gasteiger partial charge is 0.380 e. The number of hydrogen-bond acceptors (Lipinski definition) is 4. The van der Waals surface area contributed by atoms with Crippen LogP contribution >= 0.6 is 0 Å². The average molecular weight is 239 g/mol. The van der Waals surface area contributed by atoms with Gasteiger partial charge in [0, 0.05) is 51.4 Å². The van der Waals surface area contributed by atoms with E-state index in [1.165, 1.54) is 45.6 Å². The summed E-state index contributed by atoms with van der Waals surface area (Å²) in [4.78, 5) is 5.18. The summed E-state index contributed by atoms with van der Waals surface area (Å²) in [5.41, 5.74) is 6.20. The molecule has 4 nitrogen and oxygen atoms in total. The van der Waals surface area contributed by atoms with Crippen LogP contribution in [0.1, 0.15) is 19.3 Å². The van der Waals surface area contributed by atoms with Gasteiger partial charge in [0.1, 0.15) is 0 Å². The fraction of sp³-hybridized carbons (Fsp3) is 1.00. The standard InChI is InChI=1S/C13H25N3O/c14-12-3-8-17-10-13(12)16-6-4-15(5-7-16)9-11-1-2-11/h11-13H,1-10,14H2. The van der Waals surface area contributed by atoms with Crippen LogP contribution in [-0.2, 0) is 4.74 Å². The highest BCUT2D eigenvalue weighted by Crippen LogP contribution is 2.30. The molecule has 3 fully saturated rings. The second-order valence-electron chi connectivity index (χ2n) is 5.87. The second kappa shape index (κ2) is 5.22. The molecule has 2 heterocycles. The molecule has 0 radical (unpaired) electrons. The van der Waals surface area contributed by atoms with Gasteiger partial charge in [-0.3, -0.25) is 4.90 Å². The van der Waals surface area contributed by atoms with Crippen molar-refractivity contribution in [1.82, 2.24) is 9.80 Å². The SMILES string of the molecule is NC1CCOCC1N1CCN(CC2CC2)CC1. The minimum atomic E-state index is 0.318. The minimum Gasteiger partial charge on any atom is -0.380 e. The molecule has 0 spiro atoms. The zero-order chi connectivity index (χ0) is 11.7. The molecule has 2 unspecified atom stereocenters. The number of ether oxygens (including phenoxy) is 1. The van der Waals surface area contributed by atoms with Crippen molar-refractivity contribution in [2.45, 2.75) is 31.3 Å². The van der Waals surface area contributed by atoms with Crippen LogP contribution < -0.4 is 5.73 Å². The molecule has 2 saturated heterocycles. The third-order valence-corrected chi connectivity index (χ3v) is 4.47. The van der Waals surface area contributed by atoms with Crippen LogP contribution in [0, 0.1) is 5.92 Å². The van der Waals surface area contributed by atoms with E-state index in [9.17, 15) is 0 Å². The van der Waals surface area contributed by atoms with Crippen molar-refractivity contribution in [3.8, 4) is 0 Å². The zero-order valence-electron chi connectivity index (χ0n) is 10.7. The second-order valence-corrected chi connectivity index (χ2v) is 5.87. The lowest BCUT2D eigenvalue weighted by Gasteiger charge is -2.43. The van der Waals surface area contributed by atoms with Crippen molar-refractivity contribution in [3.05, 3.63) is 0 Å². The Bertz CT molecular complexity index is 249. The zero-order valence-corrected chi connectivity index (χ0v) is 10.7. The highest BCUT2D eigenvalue weighted by molar-refractivity contribution is 4.88. The minimum absolute atomic E-state index is 0.318. The molecule has 0 aromatic carbocycles. The topological polar surface area (TPSA) is 41.7 Å². The van der Waals surface area contributed by atoms with Crippen molar-refractivity contribution < 1.29 is 4.74 Å². The summed E-state index contributed by atoms with van der Waals surface area (Å²) in [6, 6.07) is 0.783. The average Bonchev–Trinajstić information content (AvgIpc) is 3.15. The molecule has 4 heteroatoms. The van der Waals surface area contributed by atoms with Gasteiger partial charge < -0.3 is 15.4 Å². The molecule has 3 aliphatic rings. The lowest BCUT2D eigenvalue weighted by Crippen LogP contribution is -2.59. The summed E-state index contributed by atoms with van der Waals surface area (Å²) in [5.74, 6) is 1.02. The van der Waals surface area contributed by atoms with Crippen LogP contribution in [0.3, 0.4) is 0 Å². The Morgan fingerprint density at radius 3 is 2.47 bits per heavy atom. The summed E-state index contributed by atoms with van der Waals surface area (Å²) in [7, 11) is 0. The highest BCUT2D eigenvalue weighted by atomic mass is 16.5. The first-order valence-electron chi connectivity index (χ1n) is 7.12. The molecular formula is C13H25N3O. The smallest absolute Gasteiger partial charge is 0.0636 e. The van der Waals surface area contributed by atoms with Gasteiger partial charge in [0.25, 0.3) is 0 Å². The van der Waals surface area contributed by atoms with Gasteiger partial charge >= 0.3 is 0 Å². The molecule has 0 bridgehead atoms. The number of nitrogens with zero attached hydrogens (tertiary/aromatic N) is 2. The van der Waals surface area contributed by atoms with E-state index in [0.717, 1.165) is 25.6 Å². The van der Waals surface area contributed by atoms with E-state index >= 15 is 0 Å². The van der Waals surface area contributed by atoms with Crippen LogP contribution in [0.4, 0.5) is 0 Å². The Kier molecular flexibility index (Phi) is 3.66. The van der Waals surface area contributed by atoms with Crippen LogP contribution in [0.5, 0.6) is 0 Å². The van der Waals surface area contributed by atoms with Gasteiger partial charge in [0.15, 0.2) is 0 Å². The number of rotatable bonds is 3. The lowest BCUT2D eigenvalue weighted by atomic mass is 10.0. The Balaban J connectivity index is 1.46. The predicted molar refractivity (Wildman–Crippen MR) is 67.9 cm³/mol. The van der Waals surface area contributed by atoms with Crippen LogP contribution in [-0.4, -0.2) is 67.8 Å². The van der Waals surface area contributed by atoms with Gasteiger partial charge in [-0.2, -0.15) is 0 Å². The van der Waals surface area contributed by atoms with E-state index in [0.29, 0.717) is 12.1 Å². The van der Waals surface area contributed by atoms with Crippen LogP contribution in [0.15, 0.2) is 0 Å². The Hall–Kier alpha value is -0.160. The molecule has 2 atom stereocenters. The van der Waals surface area contributed by atoms with Gasteiger partial charge in [0.05, 0.1) is 6.61 Å². The molecule has 0 aromatic rings. The quantitative estimate of drug-likeness (QED) is 0.760. The van der Waals surface area contributed by atoms with Gasteiger partial charge in [-0.15, -0.1) is 0 Å². The molecular weight excluding hydrogens is 214 g/mol. The van der Waals surface area contributed by atoms with Crippen molar-refractivity contribution in [3.63, 3.8) is 0 Å². The number of nitrogens with two attached hydrogens (primary N) is 1. The monoisotopic (exact) mass is 239 g/mol. The molecule has 0 amide bonds. The maximum atomic E-state index is 6.20. The maximum absolute atomic E-state index is 6.20. The van der Waals surface area contributed by atoms with Crippen molar-refractivity contribution in [2.24, 2.45) is 11.7 Å². The number of hydrogen-bond donors (Lipinski definition) is 1. The highest BCUT2D eigenvalue weighted by Gasteiger charge is 2.32. The molecule has 3 rings (SSSR count). The molecule has 1 saturated carbocycles. The van der Waals surface area contributed by atoms with Crippen molar-refractivity contribution >= 4 is 0 Å². The van der Waals surface area contributed by atoms with E-state index in [2.05, 4.69) is 9.80 Å². The van der Waals surface area contributed by atoms with Crippen LogP contribution in [0.25, 0.3) is 0 Å². The Morgan fingerprint density at radius 1 is 1.06 bits per heavy atom. The summed E-state index contributed by atoms with van der Waals surface area (Å²) in [5, 5.41) is 0. The molecule has 0 aromatic heterocycles. The predicted octanol–water partition coefficient (Wildman–Crippen LogP) is 0.130. The van der Waals surface area contributed by atoms with E-state index < -0.39 is 0 Å². The normalized spacial score (nSPS) is 37.2. The maximum Gasteiger partial charge on any atom is 0.0636 e. The molecule has 98 valence electrons. The van der Waals surface area contributed by atoms with Gasteiger partial charge in [-0.1, -0.05) is 0 Å². The number of piperazine rings is 1. The van der Waals surface area contributed by atoms with E-state index in [1.54, 1.807) is 0 Å². The van der Waals surface area contributed by atoms with E-state index in [4.69, 9.17) is 10.5 Å². The molecule has 17 heavy (non-hydrogen) atoms. The fourth-order valence-electron chi connectivity index (χ4n) is 3.06.